The molecule has 1 atom stereocenters. The molecule has 0 radical (unpaired) electrons. The normalized spacial score (nSPS) is 22.3. The Morgan fingerprint density at radius 1 is 1.08 bits per heavy atom. The summed E-state index contributed by atoms with van der Waals surface area (Å²) in [5, 5.41) is 0. The van der Waals surface area contributed by atoms with E-state index in [1.54, 1.807) is 4.90 Å². The predicted molar refractivity (Wildman–Crippen MR) is 87.7 cm³/mol. The molecule has 1 amide bonds. The van der Waals surface area contributed by atoms with Crippen LogP contribution in [0.1, 0.15) is 18.4 Å². The third kappa shape index (κ3) is 3.76. The number of hydrogen-bond acceptors (Lipinski definition) is 7. The number of esters is 1. The number of benzene rings is 1. The van der Waals surface area contributed by atoms with Gasteiger partial charge in [0.25, 0.3) is 5.91 Å². The molecule has 4 rings (SSSR count). The van der Waals surface area contributed by atoms with E-state index in [9.17, 15) is 9.59 Å². The van der Waals surface area contributed by atoms with Crippen molar-refractivity contribution in [1.82, 2.24) is 4.90 Å². The van der Waals surface area contributed by atoms with Crippen molar-refractivity contribution < 1.29 is 33.3 Å². The van der Waals surface area contributed by atoms with Gasteiger partial charge in [0.05, 0.1) is 19.8 Å². The minimum absolute atomic E-state index is 0.232. The fourth-order valence-electron chi connectivity index (χ4n) is 3.23. The van der Waals surface area contributed by atoms with Crippen molar-refractivity contribution in [2.75, 3.05) is 33.0 Å². The van der Waals surface area contributed by atoms with Crippen LogP contribution in [0.5, 0.6) is 11.5 Å². The summed E-state index contributed by atoms with van der Waals surface area (Å²) in [6.07, 6.45) is -0.527. The molecule has 0 aromatic heterocycles. The highest BCUT2D eigenvalue weighted by Gasteiger charge is 2.35. The number of nitrogens with zero attached hydrogens (tertiary/aromatic N) is 1. The molecule has 0 bridgehead atoms. The molecule has 2 fully saturated rings. The number of fused-ring (bicyclic) bond motifs is 1. The number of carbonyl (C=O) groups excluding carboxylic acids is 2. The lowest BCUT2D eigenvalue weighted by molar-refractivity contribution is -0.156. The SMILES string of the molecule is O=C1CC[C@H](C(=O)N(Cc2ccc3c(c2)OCCO3)CC2OCCO2)O1. The second-order valence-corrected chi connectivity index (χ2v) is 6.39. The fourth-order valence-corrected chi connectivity index (χ4v) is 3.23. The van der Waals surface area contributed by atoms with Crippen molar-refractivity contribution in [2.24, 2.45) is 0 Å². The monoisotopic (exact) mass is 363 g/mol. The summed E-state index contributed by atoms with van der Waals surface area (Å²) in [4.78, 5) is 25.8. The Bertz CT molecular complexity index is 686. The van der Waals surface area contributed by atoms with Gasteiger partial charge in [0, 0.05) is 19.4 Å². The average Bonchev–Trinajstić information content (AvgIpc) is 3.32. The van der Waals surface area contributed by atoms with E-state index < -0.39 is 12.4 Å². The van der Waals surface area contributed by atoms with E-state index >= 15 is 0 Å². The molecule has 3 heterocycles. The zero-order valence-corrected chi connectivity index (χ0v) is 14.3. The predicted octanol–water partition coefficient (Wildman–Crippen LogP) is 0.865. The lowest BCUT2D eigenvalue weighted by Crippen LogP contribution is -2.43. The highest BCUT2D eigenvalue weighted by molar-refractivity contribution is 5.86. The molecule has 8 nitrogen and oxygen atoms in total. The van der Waals surface area contributed by atoms with E-state index in [-0.39, 0.29) is 24.8 Å². The third-order valence-electron chi connectivity index (χ3n) is 4.51. The zero-order chi connectivity index (χ0) is 17.9. The molecule has 1 aromatic rings. The Hall–Kier alpha value is -2.32. The van der Waals surface area contributed by atoms with Gasteiger partial charge in [0.2, 0.25) is 0 Å². The first kappa shape index (κ1) is 17.1. The smallest absolute Gasteiger partial charge is 0.306 e. The van der Waals surface area contributed by atoms with Crippen LogP contribution in [0.25, 0.3) is 0 Å². The summed E-state index contributed by atoms with van der Waals surface area (Å²) < 4.78 is 27.2. The molecule has 0 N–H and O–H groups in total. The van der Waals surface area contributed by atoms with Crippen LogP contribution in [-0.2, 0) is 30.3 Å². The molecular formula is C18H21NO7. The van der Waals surface area contributed by atoms with Gasteiger partial charge in [-0.25, -0.2) is 0 Å². The molecule has 1 aromatic carbocycles. The molecule has 140 valence electrons. The summed E-state index contributed by atoms with van der Waals surface area (Å²) >= 11 is 0. The highest BCUT2D eigenvalue weighted by Crippen LogP contribution is 2.31. The van der Waals surface area contributed by atoms with Gasteiger partial charge in [-0.2, -0.15) is 0 Å². The van der Waals surface area contributed by atoms with Crippen molar-refractivity contribution in [3.63, 3.8) is 0 Å². The molecule has 0 unspecified atom stereocenters. The van der Waals surface area contributed by atoms with E-state index in [1.165, 1.54) is 0 Å². The van der Waals surface area contributed by atoms with E-state index in [1.807, 2.05) is 18.2 Å². The molecular weight excluding hydrogens is 342 g/mol. The van der Waals surface area contributed by atoms with Crippen LogP contribution in [0, 0.1) is 0 Å². The molecule has 26 heavy (non-hydrogen) atoms. The van der Waals surface area contributed by atoms with Gasteiger partial charge in [-0.05, 0) is 17.7 Å². The first-order valence-electron chi connectivity index (χ1n) is 8.79. The molecule has 8 heteroatoms. The summed E-state index contributed by atoms with van der Waals surface area (Å²) in [5.74, 6) is 0.799. The van der Waals surface area contributed by atoms with Crippen LogP contribution in [0.3, 0.4) is 0 Å². The average molecular weight is 363 g/mol. The van der Waals surface area contributed by atoms with Crippen molar-refractivity contribution in [3.8, 4) is 11.5 Å². The van der Waals surface area contributed by atoms with E-state index in [4.69, 9.17) is 23.7 Å². The quantitative estimate of drug-likeness (QED) is 0.718. The fraction of sp³-hybridized carbons (Fsp3) is 0.556. The van der Waals surface area contributed by atoms with E-state index in [0.29, 0.717) is 50.9 Å². The van der Waals surface area contributed by atoms with Gasteiger partial charge in [0.1, 0.15) is 13.2 Å². The molecule has 0 spiro atoms. The van der Waals surface area contributed by atoms with Crippen LogP contribution < -0.4 is 9.47 Å². The van der Waals surface area contributed by atoms with Crippen LogP contribution in [0.15, 0.2) is 18.2 Å². The van der Waals surface area contributed by atoms with Gasteiger partial charge in [0.15, 0.2) is 23.9 Å². The van der Waals surface area contributed by atoms with Gasteiger partial charge < -0.3 is 28.6 Å². The molecule has 2 saturated heterocycles. The minimum Gasteiger partial charge on any atom is -0.486 e. The minimum atomic E-state index is -0.735. The molecule has 3 aliphatic heterocycles. The van der Waals surface area contributed by atoms with Crippen LogP contribution >= 0.6 is 0 Å². The Morgan fingerprint density at radius 3 is 2.58 bits per heavy atom. The largest absolute Gasteiger partial charge is 0.486 e. The van der Waals surface area contributed by atoms with Crippen molar-refractivity contribution in [1.29, 1.82) is 0 Å². The lowest BCUT2D eigenvalue weighted by Gasteiger charge is -2.27. The third-order valence-corrected chi connectivity index (χ3v) is 4.51. The first-order valence-corrected chi connectivity index (χ1v) is 8.79. The molecule has 3 aliphatic rings. The Labute approximate surface area is 150 Å². The number of rotatable bonds is 5. The van der Waals surface area contributed by atoms with Crippen LogP contribution in [0.2, 0.25) is 0 Å². The Kier molecular flexibility index (Phi) is 4.94. The van der Waals surface area contributed by atoms with Crippen molar-refractivity contribution in [2.45, 2.75) is 31.8 Å². The zero-order valence-electron chi connectivity index (χ0n) is 14.3. The van der Waals surface area contributed by atoms with Gasteiger partial charge in [-0.3, -0.25) is 9.59 Å². The van der Waals surface area contributed by atoms with Gasteiger partial charge in [-0.1, -0.05) is 6.07 Å². The number of hydrogen-bond donors (Lipinski definition) is 0. The van der Waals surface area contributed by atoms with Crippen LogP contribution in [0.4, 0.5) is 0 Å². The van der Waals surface area contributed by atoms with Crippen LogP contribution in [-0.4, -0.2) is 62.1 Å². The van der Waals surface area contributed by atoms with E-state index in [0.717, 1.165) is 5.56 Å². The van der Waals surface area contributed by atoms with Crippen molar-refractivity contribution in [3.05, 3.63) is 23.8 Å². The van der Waals surface area contributed by atoms with Gasteiger partial charge >= 0.3 is 5.97 Å². The number of amides is 1. The Morgan fingerprint density at radius 2 is 1.85 bits per heavy atom. The van der Waals surface area contributed by atoms with Crippen molar-refractivity contribution >= 4 is 11.9 Å². The summed E-state index contributed by atoms with van der Waals surface area (Å²) in [5.41, 5.74) is 0.893. The second kappa shape index (κ2) is 7.51. The topological polar surface area (TPSA) is 83.5 Å². The lowest BCUT2D eigenvalue weighted by atomic mass is 10.1. The maximum Gasteiger partial charge on any atom is 0.306 e. The number of cyclic esters (lactones) is 1. The Balaban J connectivity index is 1.50. The first-order chi connectivity index (χ1) is 12.7. The summed E-state index contributed by atoms with van der Waals surface area (Å²) in [7, 11) is 0. The molecule has 0 saturated carbocycles. The van der Waals surface area contributed by atoms with Gasteiger partial charge in [-0.15, -0.1) is 0 Å². The maximum absolute atomic E-state index is 12.9. The summed E-state index contributed by atoms with van der Waals surface area (Å²) in [6.45, 7) is 2.67. The summed E-state index contributed by atoms with van der Waals surface area (Å²) in [6, 6.07) is 5.60. The highest BCUT2D eigenvalue weighted by atomic mass is 16.7. The molecule has 0 aliphatic carbocycles. The standard InChI is InChI=1S/C18H21NO7/c20-16-4-3-14(26-16)18(21)19(11-17-24-7-8-25-17)10-12-1-2-13-15(9-12)23-6-5-22-13/h1-2,9,14,17H,3-8,10-11H2/t14-/m1/s1. The number of ether oxygens (including phenoxy) is 5. The van der Waals surface area contributed by atoms with E-state index in [2.05, 4.69) is 0 Å². The number of carbonyl (C=O) groups is 2. The second-order valence-electron chi connectivity index (χ2n) is 6.39. The maximum atomic E-state index is 12.9.